The number of aromatic nitrogens is 1. The normalized spacial score (nSPS) is 9.50. The average Bonchev–Trinajstić information content (AvgIpc) is 2.33. The third-order valence-corrected chi connectivity index (χ3v) is 1.92. The Labute approximate surface area is 91.7 Å². The van der Waals surface area contributed by atoms with Crippen LogP contribution < -0.4 is 4.74 Å². The lowest BCUT2D eigenvalue weighted by molar-refractivity contribution is 0.423. The summed E-state index contributed by atoms with van der Waals surface area (Å²) in [7, 11) is 0. The van der Waals surface area contributed by atoms with E-state index in [0.717, 1.165) is 0 Å². The maximum absolute atomic E-state index is 13.2. The van der Waals surface area contributed by atoms with E-state index in [0.29, 0.717) is 11.3 Å². The number of benzene rings is 1. The molecule has 4 heteroatoms. The first-order chi connectivity index (χ1) is 7.79. The van der Waals surface area contributed by atoms with Crippen molar-refractivity contribution in [3.8, 4) is 17.7 Å². The van der Waals surface area contributed by atoms with Crippen molar-refractivity contribution in [2.45, 2.75) is 0 Å². The number of pyridine rings is 1. The first-order valence-corrected chi connectivity index (χ1v) is 4.58. The van der Waals surface area contributed by atoms with Crippen LogP contribution in [0, 0.1) is 17.1 Å². The Morgan fingerprint density at radius 3 is 2.56 bits per heavy atom. The van der Waals surface area contributed by atoms with Gasteiger partial charge in [-0.1, -0.05) is 0 Å². The number of nitrogens with zero attached hydrogens (tertiary/aromatic N) is 2. The fourth-order valence-corrected chi connectivity index (χ4v) is 1.16. The Kier molecular flexibility index (Phi) is 2.79. The molecule has 1 aromatic carbocycles. The number of ether oxygens (including phenoxy) is 1. The second kappa shape index (κ2) is 4.41. The summed E-state index contributed by atoms with van der Waals surface area (Å²) in [6.45, 7) is 0. The van der Waals surface area contributed by atoms with E-state index in [1.165, 1.54) is 18.3 Å². The van der Waals surface area contributed by atoms with Crippen LogP contribution in [-0.4, -0.2) is 4.98 Å². The molecule has 0 saturated carbocycles. The second-order valence-electron chi connectivity index (χ2n) is 3.03. The van der Waals surface area contributed by atoms with E-state index >= 15 is 0 Å². The molecule has 0 aliphatic carbocycles. The molecule has 0 radical (unpaired) electrons. The van der Waals surface area contributed by atoms with Crippen molar-refractivity contribution in [2.75, 3.05) is 0 Å². The molecule has 3 nitrogen and oxygen atoms in total. The van der Waals surface area contributed by atoms with E-state index in [1.807, 2.05) is 6.07 Å². The standard InChI is InChI=1S/C12H7FN2O/c13-11-2-1-7-15-12(11)16-10-5-3-9(8-14)4-6-10/h1-7H. The van der Waals surface area contributed by atoms with Gasteiger partial charge in [0, 0.05) is 6.20 Å². The zero-order valence-corrected chi connectivity index (χ0v) is 8.22. The topological polar surface area (TPSA) is 45.9 Å². The maximum Gasteiger partial charge on any atom is 0.255 e. The molecule has 16 heavy (non-hydrogen) atoms. The number of hydrogen-bond donors (Lipinski definition) is 0. The molecule has 0 aliphatic rings. The minimum atomic E-state index is -0.521. The molecule has 2 aromatic rings. The van der Waals surface area contributed by atoms with E-state index < -0.39 is 5.82 Å². The molecule has 0 aliphatic heterocycles. The lowest BCUT2D eigenvalue weighted by atomic mass is 10.2. The van der Waals surface area contributed by atoms with Gasteiger partial charge < -0.3 is 4.74 Å². The largest absolute Gasteiger partial charge is 0.436 e. The predicted octanol–water partition coefficient (Wildman–Crippen LogP) is 2.88. The maximum atomic E-state index is 13.2. The number of halogens is 1. The summed E-state index contributed by atoms with van der Waals surface area (Å²) in [4.78, 5) is 3.75. The fraction of sp³-hybridized carbons (Fsp3) is 0. The number of hydrogen-bond acceptors (Lipinski definition) is 3. The zero-order valence-electron chi connectivity index (χ0n) is 8.22. The van der Waals surface area contributed by atoms with Crippen LogP contribution in [0.5, 0.6) is 11.6 Å². The third-order valence-electron chi connectivity index (χ3n) is 1.92. The molecule has 0 amide bonds. The number of nitriles is 1. The van der Waals surface area contributed by atoms with Crippen molar-refractivity contribution in [3.63, 3.8) is 0 Å². The fourth-order valence-electron chi connectivity index (χ4n) is 1.16. The second-order valence-corrected chi connectivity index (χ2v) is 3.03. The summed E-state index contributed by atoms with van der Waals surface area (Å²) in [5.41, 5.74) is 0.522. The van der Waals surface area contributed by atoms with Gasteiger partial charge in [-0.3, -0.25) is 0 Å². The minimum absolute atomic E-state index is 0.0767. The quantitative estimate of drug-likeness (QED) is 0.772. The van der Waals surface area contributed by atoms with Gasteiger partial charge in [-0.25, -0.2) is 9.37 Å². The van der Waals surface area contributed by atoms with Crippen LogP contribution in [0.3, 0.4) is 0 Å². The highest BCUT2D eigenvalue weighted by molar-refractivity contribution is 5.36. The average molecular weight is 214 g/mol. The van der Waals surface area contributed by atoms with Gasteiger partial charge in [0.2, 0.25) is 0 Å². The van der Waals surface area contributed by atoms with Crippen molar-refractivity contribution >= 4 is 0 Å². The highest BCUT2D eigenvalue weighted by Gasteiger charge is 2.04. The lowest BCUT2D eigenvalue weighted by Crippen LogP contribution is -1.90. The SMILES string of the molecule is N#Cc1ccc(Oc2ncccc2F)cc1. The molecule has 0 fully saturated rings. The van der Waals surface area contributed by atoms with E-state index in [9.17, 15) is 4.39 Å². The molecule has 0 N–H and O–H groups in total. The van der Waals surface area contributed by atoms with Gasteiger partial charge in [0.05, 0.1) is 11.6 Å². The van der Waals surface area contributed by atoms with Crippen LogP contribution in [0.4, 0.5) is 4.39 Å². The van der Waals surface area contributed by atoms with Crippen molar-refractivity contribution < 1.29 is 9.13 Å². The van der Waals surface area contributed by atoms with Gasteiger partial charge in [0.15, 0.2) is 5.82 Å². The molecule has 1 aromatic heterocycles. The highest BCUT2D eigenvalue weighted by Crippen LogP contribution is 2.21. The molecule has 0 spiro atoms. The molecule has 78 valence electrons. The van der Waals surface area contributed by atoms with Crippen LogP contribution in [0.2, 0.25) is 0 Å². The van der Waals surface area contributed by atoms with Gasteiger partial charge in [-0.05, 0) is 36.4 Å². The molecule has 0 saturated heterocycles. The van der Waals surface area contributed by atoms with E-state index in [2.05, 4.69) is 4.98 Å². The monoisotopic (exact) mass is 214 g/mol. The van der Waals surface area contributed by atoms with Crippen molar-refractivity contribution in [2.24, 2.45) is 0 Å². The van der Waals surface area contributed by atoms with Gasteiger partial charge in [-0.2, -0.15) is 5.26 Å². The van der Waals surface area contributed by atoms with E-state index in [-0.39, 0.29) is 5.88 Å². The van der Waals surface area contributed by atoms with Crippen molar-refractivity contribution in [1.82, 2.24) is 4.98 Å². The summed E-state index contributed by atoms with van der Waals surface area (Å²) in [6.07, 6.45) is 1.45. The van der Waals surface area contributed by atoms with Gasteiger partial charge in [0.1, 0.15) is 5.75 Å². The molecular weight excluding hydrogens is 207 g/mol. The molecular formula is C12H7FN2O. The minimum Gasteiger partial charge on any atom is -0.436 e. The van der Waals surface area contributed by atoms with Crippen molar-refractivity contribution in [3.05, 3.63) is 54.0 Å². The lowest BCUT2D eigenvalue weighted by Gasteiger charge is -2.04. The zero-order chi connectivity index (χ0) is 11.4. The van der Waals surface area contributed by atoms with Gasteiger partial charge in [0.25, 0.3) is 5.88 Å². The number of rotatable bonds is 2. The molecule has 1 heterocycles. The van der Waals surface area contributed by atoms with Gasteiger partial charge in [-0.15, -0.1) is 0 Å². The van der Waals surface area contributed by atoms with Crippen LogP contribution in [-0.2, 0) is 0 Å². The summed E-state index contributed by atoms with van der Waals surface area (Å²) in [5, 5.41) is 8.60. The first kappa shape index (κ1) is 10.1. The Balaban J connectivity index is 2.22. The summed E-state index contributed by atoms with van der Waals surface area (Å²) in [6, 6.07) is 11.1. The van der Waals surface area contributed by atoms with Crippen LogP contribution in [0.25, 0.3) is 0 Å². The predicted molar refractivity (Wildman–Crippen MR) is 55.4 cm³/mol. The molecule has 0 atom stereocenters. The summed E-state index contributed by atoms with van der Waals surface area (Å²) in [5.74, 6) is -0.157. The Morgan fingerprint density at radius 1 is 1.19 bits per heavy atom. The van der Waals surface area contributed by atoms with E-state index in [4.69, 9.17) is 10.00 Å². The summed E-state index contributed by atoms with van der Waals surface area (Å²) < 4.78 is 18.4. The van der Waals surface area contributed by atoms with Gasteiger partial charge >= 0.3 is 0 Å². The molecule has 0 bridgehead atoms. The van der Waals surface area contributed by atoms with Crippen LogP contribution >= 0.6 is 0 Å². The molecule has 0 unspecified atom stereocenters. The Morgan fingerprint density at radius 2 is 1.94 bits per heavy atom. The first-order valence-electron chi connectivity index (χ1n) is 4.58. The van der Waals surface area contributed by atoms with E-state index in [1.54, 1.807) is 24.3 Å². The highest BCUT2D eigenvalue weighted by atomic mass is 19.1. The molecule has 2 rings (SSSR count). The smallest absolute Gasteiger partial charge is 0.255 e. The van der Waals surface area contributed by atoms with Crippen LogP contribution in [0.15, 0.2) is 42.6 Å². The Bertz CT molecular complexity index is 531. The van der Waals surface area contributed by atoms with Crippen LogP contribution in [0.1, 0.15) is 5.56 Å². The van der Waals surface area contributed by atoms with Crippen molar-refractivity contribution in [1.29, 1.82) is 5.26 Å². The third kappa shape index (κ3) is 2.15. The summed E-state index contributed by atoms with van der Waals surface area (Å²) >= 11 is 0. The Hall–Kier alpha value is -2.41.